The number of pyridine rings is 1. The molecule has 0 aliphatic carbocycles. The highest BCUT2D eigenvalue weighted by Crippen LogP contribution is 2.33. The number of nitrogens with zero attached hydrogens (tertiary/aromatic N) is 5. The Morgan fingerprint density at radius 2 is 1.82 bits per heavy atom. The van der Waals surface area contributed by atoms with Gasteiger partial charge in [0.15, 0.2) is 0 Å². The average molecular weight is 524 g/mol. The number of amides is 1. The molecule has 2 aliphatic heterocycles. The van der Waals surface area contributed by atoms with Crippen molar-refractivity contribution in [2.75, 3.05) is 18.4 Å². The Morgan fingerprint density at radius 1 is 1.00 bits per heavy atom. The van der Waals surface area contributed by atoms with Gasteiger partial charge in [-0.2, -0.15) is 0 Å². The summed E-state index contributed by atoms with van der Waals surface area (Å²) < 4.78 is 0. The Balaban J connectivity index is 1.26. The average Bonchev–Trinajstić information content (AvgIpc) is 3.10. The van der Waals surface area contributed by atoms with Crippen molar-refractivity contribution in [1.29, 1.82) is 0 Å². The van der Waals surface area contributed by atoms with Gasteiger partial charge in [0.05, 0.1) is 23.6 Å². The van der Waals surface area contributed by atoms with Gasteiger partial charge in [0.25, 0.3) is 5.91 Å². The maximum absolute atomic E-state index is 12.9. The van der Waals surface area contributed by atoms with Crippen LogP contribution in [-0.2, 0) is 6.54 Å². The van der Waals surface area contributed by atoms with Crippen LogP contribution in [0, 0.1) is 0 Å². The number of hydrogen-bond donors (Lipinski definition) is 2. The second kappa shape index (κ2) is 10.3. The lowest BCUT2D eigenvalue weighted by molar-refractivity contribution is 0.0715. The summed E-state index contributed by atoms with van der Waals surface area (Å²) in [4.78, 5) is 33.5. The van der Waals surface area contributed by atoms with Crippen molar-refractivity contribution in [2.45, 2.75) is 25.4 Å². The summed E-state index contributed by atoms with van der Waals surface area (Å²) in [5.41, 5.74) is 12.5. The Labute approximate surface area is 225 Å². The van der Waals surface area contributed by atoms with Gasteiger partial charge >= 0.3 is 0 Å². The largest absolute Gasteiger partial charge is 0.339 e. The van der Waals surface area contributed by atoms with Crippen LogP contribution in [0.15, 0.2) is 78.0 Å². The molecule has 38 heavy (non-hydrogen) atoms. The highest BCUT2D eigenvalue weighted by molar-refractivity contribution is 6.31. The van der Waals surface area contributed by atoms with E-state index < -0.39 is 0 Å². The Hall–Kier alpha value is -4.14. The van der Waals surface area contributed by atoms with E-state index in [0.29, 0.717) is 36.2 Å². The molecule has 0 saturated carbocycles. The van der Waals surface area contributed by atoms with Crippen LogP contribution in [0.4, 0.5) is 11.6 Å². The number of likely N-dealkylation sites (tertiary alicyclic amines) is 1. The lowest BCUT2D eigenvalue weighted by atomic mass is 9.97. The summed E-state index contributed by atoms with van der Waals surface area (Å²) >= 11 is 6.39. The van der Waals surface area contributed by atoms with Crippen molar-refractivity contribution in [3.63, 3.8) is 0 Å². The third kappa shape index (κ3) is 4.88. The number of rotatable bonds is 4. The summed E-state index contributed by atoms with van der Waals surface area (Å²) in [5, 5.41) is 3.89. The van der Waals surface area contributed by atoms with Gasteiger partial charge < -0.3 is 16.0 Å². The Kier molecular flexibility index (Phi) is 6.57. The second-order valence-corrected chi connectivity index (χ2v) is 9.91. The molecule has 0 atom stereocenters. The summed E-state index contributed by atoms with van der Waals surface area (Å²) in [7, 11) is 0. The summed E-state index contributed by atoms with van der Waals surface area (Å²) in [6.07, 6.45) is 5.23. The smallest absolute Gasteiger partial charge is 0.253 e. The SMILES string of the molecule is NC1CCN(C(=O)c2ccc(Nc3ncc4c(n3)-c3ccc(Cl)cc3C(c3ccccn3)=NC4)cc2)CC1. The van der Waals surface area contributed by atoms with E-state index in [4.69, 9.17) is 27.3 Å². The fourth-order valence-electron chi connectivity index (χ4n) is 4.82. The van der Waals surface area contributed by atoms with Gasteiger partial charge in [-0.25, -0.2) is 9.97 Å². The van der Waals surface area contributed by atoms with Crippen LogP contribution in [0.3, 0.4) is 0 Å². The van der Waals surface area contributed by atoms with Gasteiger partial charge in [0, 0.05) is 64.5 Å². The van der Waals surface area contributed by atoms with Gasteiger partial charge in [-0.05, 0) is 61.4 Å². The zero-order valence-electron chi connectivity index (χ0n) is 20.6. The van der Waals surface area contributed by atoms with Crippen LogP contribution in [0.5, 0.6) is 0 Å². The molecule has 0 bridgehead atoms. The van der Waals surface area contributed by atoms with Crippen molar-refractivity contribution in [2.24, 2.45) is 10.7 Å². The van der Waals surface area contributed by atoms with E-state index in [1.807, 2.05) is 65.6 Å². The van der Waals surface area contributed by atoms with Crippen molar-refractivity contribution >= 4 is 34.9 Å². The van der Waals surface area contributed by atoms with Crippen LogP contribution in [0.1, 0.15) is 40.0 Å². The molecular formula is C29H26ClN7O. The van der Waals surface area contributed by atoms with E-state index in [-0.39, 0.29) is 11.9 Å². The predicted octanol–water partition coefficient (Wildman–Crippen LogP) is 4.85. The first-order chi connectivity index (χ1) is 18.5. The monoisotopic (exact) mass is 523 g/mol. The van der Waals surface area contributed by atoms with Gasteiger partial charge in [-0.15, -0.1) is 0 Å². The molecule has 4 aromatic rings. The molecule has 0 radical (unpaired) electrons. The van der Waals surface area contributed by atoms with E-state index in [9.17, 15) is 4.79 Å². The van der Waals surface area contributed by atoms with Gasteiger partial charge in [-0.1, -0.05) is 23.7 Å². The maximum atomic E-state index is 12.9. The minimum Gasteiger partial charge on any atom is -0.339 e. The van der Waals surface area contributed by atoms with Crippen LogP contribution < -0.4 is 11.1 Å². The molecule has 9 heteroatoms. The minimum atomic E-state index is 0.0312. The molecular weight excluding hydrogens is 498 g/mol. The van der Waals surface area contributed by atoms with E-state index >= 15 is 0 Å². The number of aliphatic imine (C=N–C) groups is 1. The molecule has 1 amide bonds. The zero-order chi connectivity index (χ0) is 26.1. The first-order valence-corrected chi connectivity index (χ1v) is 13.0. The molecule has 1 saturated heterocycles. The highest BCUT2D eigenvalue weighted by atomic mass is 35.5. The second-order valence-electron chi connectivity index (χ2n) is 9.47. The van der Waals surface area contributed by atoms with Crippen LogP contribution >= 0.6 is 11.6 Å². The number of piperidine rings is 1. The first kappa shape index (κ1) is 24.2. The third-order valence-corrected chi connectivity index (χ3v) is 7.12. The zero-order valence-corrected chi connectivity index (χ0v) is 21.4. The normalized spacial score (nSPS) is 15.2. The molecule has 2 aromatic heterocycles. The lowest BCUT2D eigenvalue weighted by Gasteiger charge is -2.30. The van der Waals surface area contributed by atoms with E-state index in [1.54, 1.807) is 12.4 Å². The summed E-state index contributed by atoms with van der Waals surface area (Å²) in [6.45, 7) is 1.81. The highest BCUT2D eigenvalue weighted by Gasteiger charge is 2.23. The number of carbonyl (C=O) groups is 1. The Morgan fingerprint density at radius 3 is 2.58 bits per heavy atom. The minimum absolute atomic E-state index is 0.0312. The standard InChI is InChI=1S/C29H26ClN7O/c30-20-6-9-23-24(15-20)27(25-3-1-2-12-32-25)33-16-19-17-34-29(36-26(19)23)35-22-7-4-18(5-8-22)28(38)37-13-10-21(31)11-14-37/h1-9,12,15,17,21H,10-11,13-14,16,31H2,(H,34,35,36). The molecule has 2 aliphatic rings. The number of aromatic nitrogens is 3. The Bertz CT molecular complexity index is 1510. The van der Waals surface area contributed by atoms with Crippen molar-refractivity contribution in [1.82, 2.24) is 19.9 Å². The molecule has 6 rings (SSSR count). The predicted molar refractivity (Wildman–Crippen MR) is 149 cm³/mol. The van der Waals surface area contributed by atoms with Gasteiger partial charge in [0.2, 0.25) is 5.95 Å². The number of nitrogens with two attached hydrogens (primary N) is 1. The summed E-state index contributed by atoms with van der Waals surface area (Å²) in [5.74, 6) is 0.485. The number of fused-ring (bicyclic) bond motifs is 3. The number of nitrogens with one attached hydrogen (secondary N) is 1. The van der Waals surface area contributed by atoms with E-state index in [0.717, 1.165) is 52.3 Å². The van der Waals surface area contributed by atoms with Crippen LogP contribution in [0.25, 0.3) is 11.3 Å². The molecule has 0 spiro atoms. The maximum Gasteiger partial charge on any atom is 0.253 e. The molecule has 8 nitrogen and oxygen atoms in total. The van der Waals surface area contributed by atoms with Crippen LogP contribution in [-0.4, -0.2) is 50.6 Å². The summed E-state index contributed by atoms with van der Waals surface area (Å²) in [6, 6.07) is 19.1. The van der Waals surface area contributed by atoms with Gasteiger partial charge in [0.1, 0.15) is 0 Å². The van der Waals surface area contributed by atoms with Crippen molar-refractivity contribution < 1.29 is 4.79 Å². The number of anilines is 2. The van der Waals surface area contributed by atoms with E-state index in [1.165, 1.54) is 0 Å². The fourth-order valence-corrected chi connectivity index (χ4v) is 4.99. The molecule has 3 N–H and O–H groups in total. The quantitative estimate of drug-likeness (QED) is 0.396. The molecule has 4 heterocycles. The fraction of sp³-hybridized carbons (Fsp3) is 0.207. The van der Waals surface area contributed by atoms with E-state index in [2.05, 4.69) is 15.3 Å². The number of hydrogen-bond acceptors (Lipinski definition) is 7. The lowest BCUT2D eigenvalue weighted by Crippen LogP contribution is -2.42. The molecule has 0 unspecified atom stereocenters. The topological polar surface area (TPSA) is 109 Å². The molecule has 190 valence electrons. The third-order valence-electron chi connectivity index (χ3n) is 6.89. The van der Waals surface area contributed by atoms with Crippen molar-refractivity contribution in [3.05, 3.63) is 100 Å². The number of halogens is 1. The molecule has 2 aromatic carbocycles. The number of carbonyl (C=O) groups excluding carboxylic acids is 1. The van der Waals surface area contributed by atoms with Crippen LogP contribution in [0.2, 0.25) is 5.02 Å². The molecule has 1 fully saturated rings. The first-order valence-electron chi connectivity index (χ1n) is 12.6. The number of benzene rings is 2. The van der Waals surface area contributed by atoms with Gasteiger partial charge in [-0.3, -0.25) is 14.8 Å². The van der Waals surface area contributed by atoms with Crippen molar-refractivity contribution in [3.8, 4) is 11.3 Å².